The van der Waals surface area contributed by atoms with Crippen LogP contribution in [0, 0.1) is 10.1 Å². The van der Waals surface area contributed by atoms with E-state index in [9.17, 15) is 18.5 Å². The van der Waals surface area contributed by atoms with Crippen LogP contribution in [0.2, 0.25) is 0 Å². The fraction of sp³-hybridized carbons (Fsp3) is 0.0769. The van der Waals surface area contributed by atoms with Gasteiger partial charge in [-0.05, 0) is 36.4 Å². The Balaban J connectivity index is 2.54. The van der Waals surface area contributed by atoms with Crippen molar-refractivity contribution in [1.82, 2.24) is 0 Å². The molecular weight excluding hydrogens is 294 g/mol. The third-order valence-electron chi connectivity index (χ3n) is 2.77. The summed E-state index contributed by atoms with van der Waals surface area (Å²) in [4.78, 5) is 10.2. The molecule has 2 aromatic carbocycles. The van der Waals surface area contributed by atoms with Gasteiger partial charge in [0.05, 0.1) is 4.92 Å². The Morgan fingerprint density at radius 2 is 1.76 bits per heavy atom. The minimum Gasteiger partial charge on any atom is -0.399 e. The third kappa shape index (κ3) is 3.29. The van der Waals surface area contributed by atoms with E-state index >= 15 is 0 Å². The highest BCUT2D eigenvalue weighted by Gasteiger charge is 2.26. The average molecular weight is 307 g/mol. The Morgan fingerprint density at radius 1 is 1.14 bits per heavy atom. The van der Waals surface area contributed by atoms with Crippen LogP contribution >= 0.6 is 0 Å². The van der Waals surface area contributed by atoms with Gasteiger partial charge in [-0.1, -0.05) is 6.07 Å². The van der Waals surface area contributed by atoms with Gasteiger partial charge in [-0.15, -0.1) is 0 Å². The van der Waals surface area contributed by atoms with E-state index < -0.39 is 20.4 Å². The minimum atomic E-state index is -3.70. The summed E-state index contributed by atoms with van der Waals surface area (Å²) >= 11 is 0. The Labute approximate surface area is 121 Å². The van der Waals surface area contributed by atoms with Gasteiger partial charge in [-0.25, -0.2) is 8.42 Å². The number of para-hydroxylation sites is 1. The number of rotatable bonds is 4. The lowest BCUT2D eigenvalue weighted by atomic mass is 10.2. The van der Waals surface area contributed by atoms with Gasteiger partial charge in [0.2, 0.25) is 0 Å². The van der Waals surface area contributed by atoms with Crippen LogP contribution < -0.4 is 11.1 Å². The first kappa shape index (κ1) is 14.8. The quantitative estimate of drug-likeness (QED) is 0.509. The summed E-state index contributed by atoms with van der Waals surface area (Å²) in [6.07, 6.45) is 0.933. The molecule has 0 aliphatic rings. The molecule has 0 saturated heterocycles. The first-order valence-corrected chi connectivity index (χ1v) is 7.78. The third-order valence-corrected chi connectivity index (χ3v) is 3.90. The molecule has 0 amide bonds. The van der Waals surface area contributed by atoms with Crippen LogP contribution in [0.5, 0.6) is 0 Å². The number of nitrogens with two attached hydrogens (primary N) is 1. The zero-order chi connectivity index (χ0) is 15.6. The van der Waals surface area contributed by atoms with Gasteiger partial charge >= 0.3 is 5.69 Å². The standard InChI is InChI=1S/C13H13N3O4S/c1-21(19,20)12-4-2-3-11(13(12)16(17)18)15-10-7-5-9(14)6-8-10/h2-8,15H,14H2,1H3. The number of nitrogens with one attached hydrogen (secondary N) is 1. The number of nitro groups is 1. The maximum absolute atomic E-state index is 11.7. The zero-order valence-electron chi connectivity index (χ0n) is 11.1. The summed E-state index contributed by atoms with van der Waals surface area (Å²) in [5.41, 5.74) is 6.32. The van der Waals surface area contributed by atoms with Crippen molar-refractivity contribution >= 4 is 32.6 Å². The van der Waals surface area contributed by atoms with E-state index in [0.29, 0.717) is 11.4 Å². The molecule has 0 unspecified atom stereocenters. The number of anilines is 3. The number of nitrogens with zero attached hydrogens (tertiary/aromatic N) is 1. The molecule has 0 bridgehead atoms. The summed E-state index contributed by atoms with van der Waals surface area (Å²) < 4.78 is 23.3. The molecule has 0 aromatic heterocycles. The SMILES string of the molecule is CS(=O)(=O)c1cccc(Nc2ccc(N)cc2)c1[N+](=O)[O-]. The summed E-state index contributed by atoms with van der Waals surface area (Å²) in [5.74, 6) is 0. The largest absolute Gasteiger partial charge is 0.399 e. The molecule has 3 N–H and O–H groups in total. The van der Waals surface area contributed by atoms with Crippen LogP contribution in [0.3, 0.4) is 0 Å². The van der Waals surface area contributed by atoms with E-state index in [1.54, 1.807) is 24.3 Å². The highest BCUT2D eigenvalue weighted by molar-refractivity contribution is 7.90. The molecule has 21 heavy (non-hydrogen) atoms. The van der Waals surface area contributed by atoms with Crippen LogP contribution in [-0.4, -0.2) is 19.6 Å². The van der Waals surface area contributed by atoms with Crippen LogP contribution in [-0.2, 0) is 9.84 Å². The van der Waals surface area contributed by atoms with Gasteiger partial charge in [0.15, 0.2) is 9.84 Å². The molecule has 8 heteroatoms. The van der Waals surface area contributed by atoms with Gasteiger partial charge < -0.3 is 11.1 Å². The number of hydrogen-bond donors (Lipinski definition) is 2. The van der Waals surface area contributed by atoms with E-state index in [1.807, 2.05) is 0 Å². The topological polar surface area (TPSA) is 115 Å². The van der Waals surface area contributed by atoms with E-state index in [0.717, 1.165) is 6.26 Å². The van der Waals surface area contributed by atoms with Crippen LogP contribution in [0.1, 0.15) is 0 Å². The Hall–Kier alpha value is -2.61. The van der Waals surface area contributed by atoms with Gasteiger partial charge in [-0.2, -0.15) is 0 Å². The molecule has 0 heterocycles. The van der Waals surface area contributed by atoms with Gasteiger partial charge in [0.25, 0.3) is 0 Å². The van der Waals surface area contributed by atoms with E-state index in [4.69, 9.17) is 5.73 Å². The van der Waals surface area contributed by atoms with Crippen molar-refractivity contribution in [3.05, 3.63) is 52.6 Å². The van der Waals surface area contributed by atoms with E-state index in [1.165, 1.54) is 18.2 Å². The molecule has 7 nitrogen and oxygen atoms in total. The van der Waals surface area contributed by atoms with E-state index in [-0.39, 0.29) is 10.6 Å². The second-order valence-electron chi connectivity index (χ2n) is 4.43. The lowest BCUT2D eigenvalue weighted by Crippen LogP contribution is -2.05. The lowest BCUT2D eigenvalue weighted by Gasteiger charge is -2.09. The van der Waals surface area contributed by atoms with Crippen LogP contribution in [0.4, 0.5) is 22.7 Å². The maximum Gasteiger partial charge on any atom is 0.311 e. The molecule has 110 valence electrons. The molecule has 0 aliphatic heterocycles. The molecule has 2 rings (SSSR count). The van der Waals surface area contributed by atoms with Crippen LogP contribution in [0.15, 0.2) is 47.4 Å². The summed E-state index contributed by atoms with van der Waals surface area (Å²) in [6.45, 7) is 0. The first-order chi connectivity index (χ1) is 9.79. The Morgan fingerprint density at radius 3 is 2.29 bits per heavy atom. The number of sulfone groups is 1. The molecule has 2 aromatic rings. The minimum absolute atomic E-state index is 0.104. The van der Waals surface area contributed by atoms with Crippen LogP contribution in [0.25, 0.3) is 0 Å². The molecular formula is C13H13N3O4S. The summed E-state index contributed by atoms with van der Waals surface area (Å²) in [7, 11) is -3.70. The van der Waals surface area contributed by atoms with Crippen molar-refractivity contribution in [3.63, 3.8) is 0 Å². The number of hydrogen-bond acceptors (Lipinski definition) is 6. The first-order valence-electron chi connectivity index (χ1n) is 5.89. The van der Waals surface area contributed by atoms with Gasteiger partial charge in [0, 0.05) is 17.6 Å². The zero-order valence-corrected chi connectivity index (χ0v) is 11.9. The molecule has 0 atom stereocenters. The normalized spacial score (nSPS) is 11.1. The molecule has 0 radical (unpaired) electrons. The molecule has 0 saturated carbocycles. The molecule has 0 fully saturated rings. The van der Waals surface area contributed by atoms with Crippen molar-refractivity contribution in [1.29, 1.82) is 0 Å². The lowest BCUT2D eigenvalue weighted by molar-refractivity contribution is -0.386. The smallest absolute Gasteiger partial charge is 0.311 e. The molecule has 0 aliphatic carbocycles. The second kappa shape index (κ2) is 5.41. The Kier molecular flexibility index (Phi) is 3.81. The summed E-state index contributed by atoms with van der Waals surface area (Å²) in [5, 5.41) is 14.0. The van der Waals surface area contributed by atoms with Crippen molar-refractivity contribution in [2.24, 2.45) is 0 Å². The average Bonchev–Trinajstić information content (AvgIpc) is 2.40. The number of nitro benzene ring substituents is 1. The second-order valence-corrected chi connectivity index (χ2v) is 6.41. The Bertz CT molecular complexity index is 786. The molecule has 0 spiro atoms. The highest BCUT2D eigenvalue weighted by atomic mass is 32.2. The summed E-state index contributed by atoms with van der Waals surface area (Å²) in [6, 6.07) is 10.7. The monoisotopic (exact) mass is 307 g/mol. The fourth-order valence-electron chi connectivity index (χ4n) is 1.83. The van der Waals surface area contributed by atoms with Crippen molar-refractivity contribution in [2.45, 2.75) is 4.90 Å². The van der Waals surface area contributed by atoms with Gasteiger partial charge in [0.1, 0.15) is 10.6 Å². The van der Waals surface area contributed by atoms with Crippen molar-refractivity contribution in [3.8, 4) is 0 Å². The predicted octanol–water partition coefficient (Wildman–Crippen LogP) is 2.32. The number of nitrogen functional groups attached to an aromatic ring is 1. The number of benzene rings is 2. The van der Waals surface area contributed by atoms with Crippen molar-refractivity contribution < 1.29 is 13.3 Å². The highest BCUT2D eigenvalue weighted by Crippen LogP contribution is 2.33. The van der Waals surface area contributed by atoms with E-state index in [2.05, 4.69) is 5.32 Å². The van der Waals surface area contributed by atoms with Gasteiger partial charge in [-0.3, -0.25) is 10.1 Å². The van der Waals surface area contributed by atoms with Crippen molar-refractivity contribution in [2.75, 3.05) is 17.3 Å². The maximum atomic E-state index is 11.7. The fourth-order valence-corrected chi connectivity index (χ4v) is 2.69. The predicted molar refractivity (Wildman–Crippen MR) is 80.3 cm³/mol.